The van der Waals surface area contributed by atoms with Crippen LogP contribution < -0.4 is 9.79 Å². The molecule has 4 amide bonds. The maximum absolute atomic E-state index is 10.1. The van der Waals surface area contributed by atoms with E-state index in [4.69, 9.17) is 23.4 Å². The highest BCUT2D eigenvalue weighted by molar-refractivity contribution is 7.42. The van der Waals surface area contributed by atoms with Crippen molar-refractivity contribution < 1.29 is 27.6 Å². The third-order valence-corrected chi connectivity index (χ3v) is 4.23. The molecule has 0 radical (unpaired) electrons. The molecule has 0 unspecified atom stereocenters. The summed E-state index contributed by atoms with van der Waals surface area (Å²) in [6.45, 7) is 0. The van der Waals surface area contributed by atoms with E-state index in [-0.39, 0.29) is 0 Å². The predicted molar refractivity (Wildman–Crippen MR) is 136 cm³/mol. The fourth-order valence-electron chi connectivity index (χ4n) is 2.89. The number of hydrogen-bond donors (Lipinski definition) is 0. The van der Waals surface area contributed by atoms with Gasteiger partial charge in [-0.15, -0.1) is 10.2 Å². The van der Waals surface area contributed by atoms with Crippen molar-refractivity contribution in [2.75, 3.05) is 56.4 Å². The summed E-state index contributed by atoms with van der Waals surface area (Å²) in [5, 5.41) is 15.7. The number of halogens is 1. The van der Waals surface area contributed by atoms with Crippen LogP contribution in [0.15, 0.2) is 36.7 Å². The Hall–Kier alpha value is -4.28. The lowest BCUT2D eigenvalue weighted by Gasteiger charge is -2.15. The van der Waals surface area contributed by atoms with Gasteiger partial charge in [0, 0.05) is 79.2 Å². The summed E-state index contributed by atoms with van der Waals surface area (Å²) in [4.78, 5) is 35.2. The molecule has 17 nitrogen and oxygen atoms in total. The SMILES string of the molecule is CN(C)C(=[O+]n1nnc2cccnc21)N(C)C.CN(C)C(=[O+]n1nnc2cccnc21)N(C)C.O=P([O-])([O-])F. The van der Waals surface area contributed by atoms with Crippen molar-refractivity contribution in [3.63, 3.8) is 0 Å². The summed E-state index contributed by atoms with van der Waals surface area (Å²) in [6.07, 6.45) is 3.35. The van der Waals surface area contributed by atoms with Gasteiger partial charge in [0.2, 0.25) is 0 Å². The maximum atomic E-state index is 10.1. The number of hydrogen-bond acceptors (Lipinski definition) is 9. The lowest BCUT2D eigenvalue weighted by Crippen LogP contribution is -2.35. The molecule has 4 heterocycles. The van der Waals surface area contributed by atoms with E-state index in [0.717, 1.165) is 0 Å². The molecular weight excluding hydrogens is 538 g/mol. The van der Waals surface area contributed by atoms with Gasteiger partial charge in [0.15, 0.2) is 9.69 Å². The number of amides is 4. The van der Waals surface area contributed by atoms with Crippen LogP contribution in [0, 0.1) is 0 Å². The summed E-state index contributed by atoms with van der Waals surface area (Å²) in [6, 6.07) is 8.57. The largest absolute Gasteiger partial charge is 0.786 e. The zero-order valence-corrected chi connectivity index (χ0v) is 23.6. The minimum Gasteiger partial charge on any atom is -0.786 e. The molecule has 0 spiro atoms. The molecule has 0 aliphatic rings. The number of aromatic nitrogens is 8. The molecule has 4 aromatic rings. The van der Waals surface area contributed by atoms with Crippen molar-refractivity contribution in [2.24, 2.45) is 0 Å². The van der Waals surface area contributed by atoms with Crippen molar-refractivity contribution >= 4 is 42.3 Å². The molecule has 0 aromatic carbocycles. The number of carbonyl (C=O) groups excluding carboxylic acids is 2. The van der Waals surface area contributed by atoms with Crippen LogP contribution in [-0.2, 0) is 4.57 Å². The molecule has 212 valence electrons. The summed E-state index contributed by atoms with van der Waals surface area (Å²) < 4.78 is 29.8. The van der Waals surface area contributed by atoms with Crippen molar-refractivity contribution in [3.05, 3.63) is 36.7 Å². The fourth-order valence-corrected chi connectivity index (χ4v) is 2.89. The van der Waals surface area contributed by atoms with Crippen LogP contribution in [-0.4, -0.2) is 128 Å². The molecule has 0 saturated carbocycles. The zero-order chi connectivity index (χ0) is 29.3. The first-order valence-electron chi connectivity index (χ1n) is 11.0. The van der Waals surface area contributed by atoms with E-state index in [1.165, 1.54) is 9.69 Å². The molecule has 39 heavy (non-hydrogen) atoms. The highest BCUT2D eigenvalue weighted by Gasteiger charge is 2.24. The van der Waals surface area contributed by atoms with Crippen LogP contribution in [0.4, 0.5) is 13.2 Å². The molecule has 0 N–H and O–H groups in total. The molecule has 0 atom stereocenters. The van der Waals surface area contributed by atoms with Crippen molar-refractivity contribution in [3.8, 4) is 0 Å². The molecule has 0 aliphatic carbocycles. The minimum absolute atomic E-state index is 0.591. The van der Waals surface area contributed by atoms with E-state index in [1.54, 1.807) is 12.4 Å². The second kappa shape index (κ2) is 13.5. The second-order valence-corrected chi connectivity index (χ2v) is 9.23. The number of pyridine rings is 2. The summed E-state index contributed by atoms with van der Waals surface area (Å²) >= 11 is 0. The Morgan fingerprint density at radius 3 is 1.33 bits per heavy atom. The summed E-state index contributed by atoms with van der Waals surface area (Å²) in [5.74, 6) is 0. The Bertz CT molecular complexity index is 1340. The second-order valence-electron chi connectivity index (χ2n) is 8.37. The lowest BCUT2D eigenvalue weighted by molar-refractivity contribution is -0.328. The van der Waals surface area contributed by atoms with E-state index in [0.29, 0.717) is 34.4 Å². The van der Waals surface area contributed by atoms with Crippen molar-refractivity contribution in [1.29, 1.82) is 0 Å². The molecule has 0 aliphatic heterocycles. The molecule has 0 saturated heterocycles. The van der Waals surface area contributed by atoms with Crippen molar-refractivity contribution in [2.45, 2.75) is 0 Å². The van der Waals surface area contributed by atoms with E-state index < -0.39 is 7.91 Å². The molecular formula is C20H30FN12O5P. The number of rotatable bonds is 2. The Kier molecular flexibility index (Phi) is 10.7. The van der Waals surface area contributed by atoms with Gasteiger partial charge in [0.25, 0.3) is 11.3 Å². The van der Waals surface area contributed by atoms with Gasteiger partial charge in [0.05, 0.1) is 0 Å². The minimum atomic E-state index is -5.64. The zero-order valence-electron chi connectivity index (χ0n) is 22.7. The van der Waals surface area contributed by atoms with Crippen LogP contribution >= 0.6 is 7.91 Å². The Labute approximate surface area is 223 Å². The van der Waals surface area contributed by atoms with E-state index in [9.17, 15) is 4.20 Å². The van der Waals surface area contributed by atoms with Crippen LogP contribution in [0.1, 0.15) is 0 Å². The number of urea groups is 2. The van der Waals surface area contributed by atoms with Gasteiger partial charge in [-0.05, 0) is 33.3 Å². The normalized spacial score (nSPS) is 10.5. The topological polar surface area (TPSA) is 186 Å². The molecule has 0 fully saturated rings. The highest BCUT2D eigenvalue weighted by atomic mass is 31.2. The van der Waals surface area contributed by atoms with Crippen molar-refractivity contribution in [1.82, 2.24) is 59.9 Å². The van der Waals surface area contributed by atoms with Gasteiger partial charge >= 0.3 is 12.1 Å². The van der Waals surface area contributed by atoms with Crippen LogP contribution in [0.3, 0.4) is 0 Å². The predicted octanol–water partition coefficient (Wildman–Crippen LogP) is -0.479. The van der Waals surface area contributed by atoms with Crippen LogP contribution in [0.5, 0.6) is 0 Å². The van der Waals surface area contributed by atoms with E-state index in [1.807, 2.05) is 100 Å². The Morgan fingerprint density at radius 1 is 0.744 bits per heavy atom. The van der Waals surface area contributed by atoms with Gasteiger partial charge in [-0.3, -0.25) is 19.6 Å². The highest BCUT2D eigenvalue weighted by Crippen LogP contribution is 2.22. The summed E-state index contributed by atoms with van der Waals surface area (Å²) in [5.41, 5.74) is 2.58. The third kappa shape index (κ3) is 9.51. The first-order chi connectivity index (χ1) is 18.2. The maximum Gasteiger partial charge on any atom is 0.554 e. The van der Waals surface area contributed by atoms with Gasteiger partial charge < -0.3 is 14.4 Å². The monoisotopic (exact) mass is 568 g/mol. The van der Waals surface area contributed by atoms with Gasteiger partial charge in [-0.1, -0.05) is 0 Å². The van der Waals surface area contributed by atoms with Gasteiger partial charge in [-0.25, -0.2) is 14.2 Å². The van der Waals surface area contributed by atoms with E-state index >= 15 is 0 Å². The number of fused-ring (bicyclic) bond motifs is 2. The average Bonchev–Trinajstić information content (AvgIpc) is 3.43. The first kappa shape index (κ1) is 30.9. The van der Waals surface area contributed by atoms with Gasteiger partial charge in [-0.2, -0.15) is 0 Å². The Morgan fingerprint density at radius 2 is 1.05 bits per heavy atom. The number of nitrogens with zero attached hydrogens (tertiary/aromatic N) is 12. The third-order valence-electron chi connectivity index (χ3n) is 4.23. The van der Waals surface area contributed by atoms with Gasteiger partial charge in [0.1, 0.15) is 18.9 Å². The van der Waals surface area contributed by atoms with Crippen LogP contribution in [0.2, 0.25) is 0 Å². The molecule has 4 rings (SSSR count). The lowest BCUT2D eigenvalue weighted by atomic mass is 10.4. The van der Waals surface area contributed by atoms with Crippen LogP contribution in [0.25, 0.3) is 22.3 Å². The summed E-state index contributed by atoms with van der Waals surface area (Å²) in [7, 11) is 9.49. The molecule has 19 heteroatoms. The van der Waals surface area contributed by atoms with E-state index in [2.05, 4.69) is 30.6 Å². The quantitative estimate of drug-likeness (QED) is 0.227. The average molecular weight is 569 g/mol. The Balaban J connectivity index is 0.000000234. The standard InChI is InChI=1S/2C10H15N6O.FH2O3P/c2*1-14(2)10(15(3)4)17-16-9-8(12-13-16)6-5-7-11-9;1-5(2,3)4/h2*5-7H,1-4H3;(H2,2,3,4)/q2*+1;/p-2. The molecule has 0 bridgehead atoms. The first-order valence-corrected chi connectivity index (χ1v) is 12.5. The smallest absolute Gasteiger partial charge is 0.554 e. The molecule has 4 aromatic heterocycles. The fraction of sp³-hybridized carbons (Fsp3) is 0.400.